The average Bonchev–Trinajstić information content (AvgIpc) is 3.24. The molecular formula is C20H17FN2O2. The lowest BCUT2D eigenvalue weighted by atomic mass is 10.1. The first-order chi connectivity index (χ1) is 12.2. The van der Waals surface area contributed by atoms with Crippen LogP contribution in [0.3, 0.4) is 0 Å². The van der Waals surface area contributed by atoms with Gasteiger partial charge in [0.15, 0.2) is 5.76 Å². The number of rotatable bonds is 4. The molecule has 0 aliphatic heterocycles. The van der Waals surface area contributed by atoms with Crippen LogP contribution in [0, 0.1) is 12.7 Å². The number of furan rings is 1. The van der Waals surface area contributed by atoms with Crippen molar-refractivity contribution in [2.24, 2.45) is 0 Å². The zero-order valence-corrected chi connectivity index (χ0v) is 13.7. The summed E-state index contributed by atoms with van der Waals surface area (Å²) in [6.07, 6.45) is 0. The molecule has 126 valence electrons. The van der Waals surface area contributed by atoms with Gasteiger partial charge in [0.2, 0.25) is 0 Å². The van der Waals surface area contributed by atoms with Crippen molar-refractivity contribution in [1.82, 2.24) is 9.78 Å². The number of aromatic nitrogens is 2. The summed E-state index contributed by atoms with van der Waals surface area (Å²) in [5.41, 5.74) is 2.80. The molecule has 0 saturated carbocycles. The smallest absolute Gasteiger partial charge is 0.155 e. The molecular weight excluding hydrogens is 319 g/mol. The fraction of sp³-hybridized carbons (Fsp3) is 0.150. The molecule has 2 aromatic heterocycles. The molecule has 0 unspecified atom stereocenters. The minimum absolute atomic E-state index is 0.160. The van der Waals surface area contributed by atoms with Crippen molar-refractivity contribution in [1.29, 1.82) is 0 Å². The summed E-state index contributed by atoms with van der Waals surface area (Å²) in [7, 11) is 0. The Kier molecular flexibility index (Phi) is 3.86. The van der Waals surface area contributed by atoms with Crippen LogP contribution in [-0.4, -0.2) is 14.9 Å². The van der Waals surface area contributed by atoms with Crippen molar-refractivity contribution in [3.8, 4) is 11.5 Å². The van der Waals surface area contributed by atoms with E-state index in [9.17, 15) is 9.50 Å². The molecule has 0 radical (unpaired) electrons. The highest BCUT2D eigenvalue weighted by molar-refractivity contribution is 5.92. The number of benzene rings is 2. The lowest BCUT2D eigenvalue weighted by Crippen LogP contribution is -2.04. The normalized spacial score (nSPS) is 11.3. The maximum atomic E-state index is 14.4. The van der Waals surface area contributed by atoms with E-state index in [1.54, 1.807) is 35.9 Å². The Balaban J connectivity index is 1.83. The van der Waals surface area contributed by atoms with Gasteiger partial charge in [-0.2, -0.15) is 5.10 Å². The Morgan fingerprint density at radius 3 is 2.72 bits per heavy atom. The van der Waals surface area contributed by atoms with Gasteiger partial charge in [0.25, 0.3) is 0 Å². The highest BCUT2D eigenvalue weighted by Gasteiger charge is 2.16. The largest absolute Gasteiger partial charge is 0.457 e. The Bertz CT molecular complexity index is 1050. The van der Waals surface area contributed by atoms with Crippen molar-refractivity contribution < 1.29 is 13.9 Å². The van der Waals surface area contributed by atoms with Crippen LogP contribution in [0.5, 0.6) is 0 Å². The van der Waals surface area contributed by atoms with E-state index in [0.29, 0.717) is 34.9 Å². The summed E-state index contributed by atoms with van der Waals surface area (Å²) in [6.45, 7) is 1.93. The number of aliphatic hydroxyl groups is 1. The molecule has 0 aliphatic rings. The van der Waals surface area contributed by atoms with E-state index in [1.807, 2.05) is 30.3 Å². The maximum absolute atomic E-state index is 14.4. The topological polar surface area (TPSA) is 51.2 Å². The third-order valence-corrected chi connectivity index (χ3v) is 4.30. The first-order valence-corrected chi connectivity index (χ1v) is 8.07. The number of hydrogen-bond acceptors (Lipinski definition) is 3. The van der Waals surface area contributed by atoms with Crippen LogP contribution in [0.1, 0.15) is 16.9 Å². The molecule has 0 atom stereocenters. The molecule has 0 saturated heterocycles. The zero-order valence-electron chi connectivity index (χ0n) is 13.7. The summed E-state index contributed by atoms with van der Waals surface area (Å²) in [4.78, 5) is 0. The van der Waals surface area contributed by atoms with Crippen molar-refractivity contribution in [3.05, 3.63) is 77.3 Å². The molecule has 4 aromatic rings. The van der Waals surface area contributed by atoms with E-state index in [2.05, 4.69) is 5.10 Å². The lowest BCUT2D eigenvalue weighted by molar-refractivity contribution is 0.248. The number of halogens is 1. The Hall–Kier alpha value is -2.92. The first-order valence-electron chi connectivity index (χ1n) is 8.07. The molecule has 4 rings (SSSR count). The van der Waals surface area contributed by atoms with Gasteiger partial charge in [0.1, 0.15) is 23.9 Å². The molecule has 0 bridgehead atoms. The fourth-order valence-electron chi connectivity index (χ4n) is 3.01. The van der Waals surface area contributed by atoms with Gasteiger partial charge in [-0.1, -0.05) is 36.4 Å². The summed E-state index contributed by atoms with van der Waals surface area (Å²) in [5, 5.41) is 14.8. The Morgan fingerprint density at radius 1 is 1.08 bits per heavy atom. The van der Waals surface area contributed by atoms with Crippen LogP contribution in [0.25, 0.3) is 22.4 Å². The maximum Gasteiger partial charge on any atom is 0.155 e. The molecule has 2 heterocycles. The molecule has 1 N–H and O–H groups in total. The molecule has 4 nitrogen and oxygen atoms in total. The van der Waals surface area contributed by atoms with Crippen LogP contribution in [-0.2, 0) is 13.2 Å². The molecule has 0 fully saturated rings. The van der Waals surface area contributed by atoms with Crippen molar-refractivity contribution in [3.63, 3.8) is 0 Å². The minimum atomic E-state index is -0.204. The van der Waals surface area contributed by atoms with Crippen LogP contribution in [0.15, 0.2) is 59.0 Å². The van der Waals surface area contributed by atoms with Gasteiger partial charge in [-0.05, 0) is 30.7 Å². The lowest BCUT2D eigenvalue weighted by Gasteiger charge is -2.07. The van der Waals surface area contributed by atoms with E-state index in [-0.39, 0.29) is 12.4 Å². The van der Waals surface area contributed by atoms with Crippen molar-refractivity contribution in [2.75, 3.05) is 0 Å². The first kappa shape index (κ1) is 15.6. The summed E-state index contributed by atoms with van der Waals surface area (Å²) in [5.74, 6) is 0.867. The van der Waals surface area contributed by atoms with E-state index in [0.717, 1.165) is 10.9 Å². The zero-order chi connectivity index (χ0) is 17.4. The van der Waals surface area contributed by atoms with Crippen molar-refractivity contribution >= 4 is 10.9 Å². The van der Waals surface area contributed by atoms with Crippen LogP contribution in [0.2, 0.25) is 0 Å². The molecule has 0 amide bonds. The van der Waals surface area contributed by atoms with Crippen molar-refractivity contribution in [2.45, 2.75) is 20.1 Å². The number of fused-ring (bicyclic) bond motifs is 1. The van der Waals surface area contributed by atoms with E-state index >= 15 is 0 Å². The average molecular weight is 336 g/mol. The molecule has 2 aromatic carbocycles. The molecule has 5 heteroatoms. The van der Waals surface area contributed by atoms with Gasteiger partial charge < -0.3 is 9.52 Å². The number of hydrogen-bond donors (Lipinski definition) is 1. The second-order valence-electron chi connectivity index (χ2n) is 6.00. The summed E-state index contributed by atoms with van der Waals surface area (Å²) in [6, 6.07) is 16.7. The molecule has 25 heavy (non-hydrogen) atoms. The summed E-state index contributed by atoms with van der Waals surface area (Å²) >= 11 is 0. The highest BCUT2D eigenvalue weighted by Crippen LogP contribution is 2.30. The van der Waals surface area contributed by atoms with Crippen LogP contribution >= 0.6 is 0 Å². The second-order valence-corrected chi connectivity index (χ2v) is 6.00. The predicted molar refractivity (Wildman–Crippen MR) is 93.6 cm³/mol. The van der Waals surface area contributed by atoms with Gasteiger partial charge >= 0.3 is 0 Å². The number of para-hydroxylation sites is 1. The van der Waals surface area contributed by atoms with Crippen LogP contribution < -0.4 is 0 Å². The van der Waals surface area contributed by atoms with Gasteiger partial charge in [-0.3, -0.25) is 4.68 Å². The SMILES string of the molecule is Cc1cccc(Cn2nc(-c3ccc(CO)o3)c3ccccc32)c1F. The third kappa shape index (κ3) is 2.72. The number of nitrogens with zero attached hydrogens (tertiary/aromatic N) is 2. The fourth-order valence-corrected chi connectivity index (χ4v) is 3.01. The Labute approximate surface area is 144 Å². The number of aryl methyl sites for hydroxylation is 1. The minimum Gasteiger partial charge on any atom is -0.457 e. The number of aliphatic hydroxyl groups excluding tert-OH is 1. The predicted octanol–water partition coefficient (Wildman–Crippen LogP) is 4.28. The quantitative estimate of drug-likeness (QED) is 0.605. The third-order valence-electron chi connectivity index (χ3n) is 4.30. The van der Waals surface area contributed by atoms with Gasteiger partial charge in [0.05, 0.1) is 12.1 Å². The van der Waals surface area contributed by atoms with Gasteiger partial charge in [-0.25, -0.2) is 4.39 Å². The summed E-state index contributed by atoms with van der Waals surface area (Å²) < 4.78 is 21.8. The van der Waals surface area contributed by atoms with E-state index in [4.69, 9.17) is 4.42 Å². The second kappa shape index (κ2) is 6.18. The molecule has 0 aliphatic carbocycles. The van der Waals surface area contributed by atoms with Crippen LogP contribution in [0.4, 0.5) is 4.39 Å². The molecule has 0 spiro atoms. The highest BCUT2D eigenvalue weighted by atomic mass is 19.1. The van der Waals surface area contributed by atoms with E-state index < -0.39 is 0 Å². The standard InChI is InChI=1S/C20H17FN2O2/c1-13-5-4-6-14(19(13)21)11-23-17-8-3-2-7-16(17)20(22-23)18-10-9-15(12-24)25-18/h2-10,24H,11-12H2,1H3. The Morgan fingerprint density at radius 2 is 1.92 bits per heavy atom. The van der Waals surface area contributed by atoms with E-state index in [1.165, 1.54) is 0 Å². The van der Waals surface area contributed by atoms with Gasteiger partial charge in [-0.15, -0.1) is 0 Å². The van der Waals surface area contributed by atoms with Gasteiger partial charge in [0, 0.05) is 10.9 Å². The monoisotopic (exact) mass is 336 g/mol.